The number of fused-ring (bicyclic) bond motifs is 1. The van der Waals surface area contributed by atoms with Crippen molar-refractivity contribution in [3.8, 4) is 0 Å². The average Bonchev–Trinajstić information content (AvgIpc) is 3.40. The van der Waals surface area contributed by atoms with Gasteiger partial charge in [0.05, 0.1) is 30.2 Å². The van der Waals surface area contributed by atoms with Crippen LogP contribution in [0.1, 0.15) is 40.4 Å². The number of hydrogen-bond acceptors (Lipinski definition) is 8. The van der Waals surface area contributed by atoms with E-state index in [1.807, 2.05) is 16.3 Å². The lowest BCUT2D eigenvalue weighted by molar-refractivity contribution is 0.0941. The van der Waals surface area contributed by atoms with Gasteiger partial charge in [-0.3, -0.25) is 14.4 Å². The fourth-order valence-electron chi connectivity index (χ4n) is 2.93. The van der Waals surface area contributed by atoms with E-state index in [2.05, 4.69) is 37.0 Å². The summed E-state index contributed by atoms with van der Waals surface area (Å²) in [5.74, 6) is -0.261. The number of carbonyl (C=O) groups is 1. The highest BCUT2D eigenvalue weighted by molar-refractivity contribution is 7.03. The predicted octanol–water partition coefficient (Wildman–Crippen LogP) is 1.23. The van der Waals surface area contributed by atoms with Crippen molar-refractivity contribution in [2.75, 3.05) is 6.54 Å². The zero-order chi connectivity index (χ0) is 17.2. The summed E-state index contributed by atoms with van der Waals surface area (Å²) in [5, 5.41) is 17.1. The van der Waals surface area contributed by atoms with E-state index in [0.717, 1.165) is 36.6 Å². The van der Waals surface area contributed by atoms with Gasteiger partial charge in [-0.25, -0.2) is 0 Å². The Hall–Kier alpha value is -2.59. The van der Waals surface area contributed by atoms with Gasteiger partial charge in [-0.05, 0) is 18.5 Å². The minimum atomic E-state index is -0.261. The van der Waals surface area contributed by atoms with Gasteiger partial charge >= 0.3 is 0 Å². The Balaban J connectivity index is 1.45. The van der Waals surface area contributed by atoms with Crippen molar-refractivity contribution < 1.29 is 9.32 Å². The van der Waals surface area contributed by atoms with Gasteiger partial charge in [-0.2, -0.15) is 5.10 Å². The molecule has 3 aromatic rings. The second kappa shape index (κ2) is 6.73. The molecular weight excluding hydrogens is 342 g/mol. The molecule has 0 bridgehead atoms. The average molecular weight is 359 g/mol. The molecule has 0 saturated heterocycles. The molecule has 0 radical (unpaired) electrons. The summed E-state index contributed by atoms with van der Waals surface area (Å²) >= 11 is 1.37. The zero-order valence-corrected chi connectivity index (χ0v) is 14.4. The molecule has 25 heavy (non-hydrogen) atoms. The minimum absolute atomic E-state index is 0.194. The topological polar surface area (TPSA) is 102 Å². The molecule has 9 nitrogen and oxygen atoms in total. The summed E-state index contributed by atoms with van der Waals surface area (Å²) in [7, 11) is 0. The van der Waals surface area contributed by atoms with Crippen molar-refractivity contribution in [1.29, 1.82) is 0 Å². The van der Waals surface area contributed by atoms with Gasteiger partial charge in [0.1, 0.15) is 6.26 Å². The predicted molar refractivity (Wildman–Crippen MR) is 88.6 cm³/mol. The van der Waals surface area contributed by atoms with Crippen LogP contribution in [0, 0.1) is 0 Å². The molecule has 3 aromatic heterocycles. The largest absolute Gasteiger partial charge is 0.364 e. The molecule has 4 heterocycles. The number of nitrogens with zero attached hydrogens (tertiary/aromatic N) is 6. The number of nitrogens with one attached hydrogen (secondary N) is 1. The second-order valence-electron chi connectivity index (χ2n) is 5.88. The Morgan fingerprint density at radius 2 is 2.40 bits per heavy atom. The fraction of sp³-hybridized carbons (Fsp3) is 0.400. The van der Waals surface area contributed by atoms with Crippen LogP contribution >= 0.6 is 11.5 Å². The van der Waals surface area contributed by atoms with Gasteiger partial charge in [0.15, 0.2) is 5.69 Å². The Bertz CT molecular complexity index is 844. The Morgan fingerprint density at radius 3 is 3.16 bits per heavy atom. The molecule has 1 aliphatic rings. The molecule has 1 amide bonds. The van der Waals surface area contributed by atoms with Gasteiger partial charge in [0.25, 0.3) is 5.91 Å². The first kappa shape index (κ1) is 15.9. The van der Waals surface area contributed by atoms with E-state index in [1.165, 1.54) is 23.9 Å². The molecule has 1 N–H and O–H groups in total. The molecular formula is C15H17N7O2S. The highest BCUT2D eigenvalue weighted by Crippen LogP contribution is 2.25. The molecule has 10 heteroatoms. The first-order valence-electron chi connectivity index (χ1n) is 7.95. The Kier molecular flexibility index (Phi) is 4.28. The van der Waals surface area contributed by atoms with Crippen molar-refractivity contribution in [3.05, 3.63) is 46.6 Å². The highest BCUT2D eigenvalue weighted by atomic mass is 32.1. The maximum atomic E-state index is 12.0. The molecule has 0 saturated carbocycles. The summed E-state index contributed by atoms with van der Waals surface area (Å²) in [6.07, 6.45) is 3.19. The van der Waals surface area contributed by atoms with Crippen molar-refractivity contribution in [2.24, 2.45) is 0 Å². The molecule has 130 valence electrons. The first-order chi connectivity index (χ1) is 12.2. The summed E-state index contributed by atoms with van der Waals surface area (Å²) in [6.45, 7) is 5.01. The molecule has 1 atom stereocenters. The van der Waals surface area contributed by atoms with Gasteiger partial charge in [0.2, 0.25) is 0 Å². The smallest absolute Gasteiger partial charge is 0.273 e. The lowest BCUT2D eigenvalue weighted by Crippen LogP contribution is -2.36. The van der Waals surface area contributed by atoms with E-state index in [0.29, 0.717) is 6.54 Å². The first-order valence-corrected chi connectivity index (χ1v) is 8.79. The number of rotatable bonds is 5. The molecule has 1 unspecified atom stereocenters. The fourth-order valence-corrected chi connectivity index (χ4v) is 3.48. The van der Waals surface area contributed by atoms with E-state index in [1.54, 1.807) is 0 Å². The molecule has 0 spiro atoms. The van der Waals surface area contributed by atoms with E-state index in [4.69, 9.17) is 4.52 Å². The standard InChI is InChI=1S/C15H17N7O2S/c1-10(13-9-25-20-18-13)21-3-4-22-14(8-21)11(7-17-22)6-16-15(23)12-2-5-24-19-12/h2,5,7,9-10H,3-4,6,8H2,1H3,(H,16,23). The van der Waals surface area contributed by atoms with Crippen molar-refractivity contribution in [2.45, 2.75) is 32.6 Å². The second-order valence-corrected chi connectivity index (χ2v) is 6.49. The maximum Gasteiger partial charge on any atom is 0.273 e. The Labute approximate surface area is 147 Å². The minimum Gasteiger partial charge on any atom is -0.364 e. The SMILES string of the molecule is CC(c1csnn1)N1CCn2ncc(CNC(=O)c3ccon3)c2C1. The third-order valence-electron chi connectivity index (χ3n) is 4.45. The van der Waals surface area contributed by atoms with Crippen molar-refractivity contribution >= 4 is 17.4 Å². The quantitative estimate of drug-likeness (QED) is 0.731. The van der Waals surface area contributed by atoms with E-state index < -0.39 is 0 Å². The van der Waals surface area contributed by atoms with Crippen LogP contribution in [0.2, 0.25) is 0 Å². The lowest BCUT2D eigenvalue weighted by atomic mass is 10.1. The van der Waals surface area contributed by atoms with Gasteiger partial charge in [-0.1, -0.05) is 9.64 Å². The van der Waals surface area contributed by atoms with E-state index in [-0.39, 0.29) is 17.6 Å². The normalized spacial score (nSPS) is 15.7. The molecule has 1 aliphatic heterocycles. The molecule has 0 fully saturated rings. The van der Waals surface area contributed by atoms with Gasteiger partial charge in [-0.15, -0.1) is 5.10 Å². The van der Waals surface area contributed by atoms with Crippen LogP contribution < -0.4 is 5.32 Å². The number of hydrogen-bond donors (Lipinski definition) is 1. The van der Waals surface area contributed by atoms with Crippen molar-refractivity contribution in [3.63, 3.8) is 0 Å². The van der Waals surface area contributed by atoms with Crippen LogP contribution in [0.5, 0.6) is 0 Å². The van der Waals surface area contributed by atoms with Gasteiger partial charge < -0.3 is 9.84 Å². The lowest BCUT2D eigenvalue weighted by Gasteiger charge is -2.32. The Morgan fingerprint density at radius 1 is 1.48 bits per heavy atom. The third kappa shape index (κ3) is 3.17. The summed E-state index contributed by atoms with van der Waals surface area (Å²) in [4.78, 5) is 14.4. The number of aromatic nitrogens is 5. The maximum absolute atomic E-state index is 12.0. The number of amides is 1. The van der Waals surface area contributed by atoms with Crippen LogP contribution in [0.4, 0.5) is 0 Å². The van der Waals surface area contributed by atoms with Crippen molar-refractivity contribution in [1.82, 2.24) is 34.7 Å². The van der Waals surface area contributed by atoms with E-state index >= 15 is 0 Å². The summed E-state index contributed by atoms with van der Waals surface area (Å²) < 4.78 is 10.6. The van der Waals surface area contributed by atoms with Crippen LogP contribution in [-0.2, 0) is 19.6 Å². The van der Waals surface area contributed by atoms with Crippen LogP contribution in [0.25, 0.3) is 0 Å². The van der Waals surface area contributed by atoms with Gasteiger partial charge in [0, 0.05) is 36.6 Å². The zero-order valence-electron chi connectivity index (χ0n) is 13.6. The molecule has 0 aliphatic carbocycles. The molecule has 4 rings (SSSR count). The highest BCUT2D eigenvalue weighted by Gasteiger charge is 2.26. The molecule has 0 aromatic carbocycles. The summed E-state index contributed by atoms with van der Waals surface area (Å²) in [5.41, 5.74) is 3.37. The monoisotopic (exact) mass is 359 g/mol. The van der Waals surface area contributed by atoms with Crippen LogP contribution in [0.15, 0.2) is 28.4 Å². The van der Waals surface area contributed by atoms with Crippen LogP contribution in [0.3, 0.4) is 0 Å². The number of carbonyl (C=O) groups excluding carboxylic acids is 1. The van der Waals surface area contributed by atoms with E-state index in [9.17, 15) is 4.79 Å². The third-order valence-corrected chi connectivity index (χ3v) is 4.97. The van der Waals surface area contributed by atoms with Crippen LogP contribution in [-0.4, -0.2) is 41.9 Å². The summed E-state index contributed by atoms with van der Waals surface area (Å²) in [6, 6.07) is 1.73.